The van der Waals surface area contributed by atoms with Gasteiger partial charge >= 0.3 is 18.2 Å². The molecular weight excluding hydrogens is 689 g/mol. The van der Waals surface area contributed by atoms with Crippen molar-refractivity contribution in [1.29, 1.82) is 0 Å². The summed E-state index contributed by atoms with van der Waals surface area (Å²) in [5, 5.41) is 7.48. The SMILES string of the molecule is COC(=O)c1ccc(-n2cc(NC(=O)c3coc(-c4ccnc(N(CC(F)(F)F)C(=O)OC(C)(C)C)c4)n3)c(CCCOC3CCCCO3)n2)cc1. The van der Waals surface area contributed by atoms with Gasteiger partial charge in [0.25, 0.3) is 5.91 Å². The molecule has 0 aliphatic carbocycles. The zero-order valence-electron chi connectivity index (χ0n) is 29.1. The van der Waals surface area contributed by atoms with E-state index in [2.05, 4.69) is 20.4 Å². The maximum Gasteiger partial charge on any atom is 0.416 e. The van der Waals surface area contributed by atoms with Gasteiger partial charge in [-0.3, -0.25) is 9.69 Å². The minimum atomic E-state index is -4.75. The molecule has 5 rings (SSSR count). The van der Waals surface area contributed by atoms with E-state index in [4.69, 9.17) is 23.4 Å². The number of aryl methyl sites for hydroxylation is 1. The number of oxazole rings is 1. The standard InChI is InChI=1S/C35H39F3N6O8/c1-34(2,3)52-33(47)43(21-35(36,37)38)28-18-23(14-15-39-28)31-41-27(20-51-31)30(45)40-26-19-44(24-12-10-22(11-13-24)32(46)48-4)42-25(26)8-7-17-50-29-9-5-6-16-49-29/h10-15,18-20,29H,5-9,16-17,21H2,1-4H3,(H,40,45). The van der Waals surface area contributed by atoms with Gasteiger partial charge in [0.05, 0.1) is 42.5 Å². The Labute approximate surface area is 297 Å². The van der Waals surface area contributed by atoms with Crippen molar-refractivity contribution in [2.75, 3.05) is 37.1 Å². The third-order valence-electron chi connectivity index (χ3n) is 7.55. The second-order valence-corrected chi connectivity index (χ2v) is 12.8. The Balaban J connectivity index is 1.34. The minimum Gasteiger partial charge on any atom is -0.465 e. The van der Waals surface area contributed by atoms with Crippen LogP contribution in [0.5, 0.6) is 0 Å². The van der Waals surface area contributed by atoms with Crippen molar-refractivity contribution in [1.82, 2.24) is 19.7 Å². The Morgan fingerprint density at radius 1 is 1.10 bits per heavy atom. The molecule has 1 aliphatic heterocycles. The molecule has 17 heteroatoms. The molecule has 52 heavy (non-hydrogen) atoms. The molecule has 3 aromatic heterocycles. The van der Waals surface area contributed by atoms with Crippen molar-refractivity contribution in [3.05, 3.63) is 72.0 Å². The summed E-state index contributed by atoms with van der Waals surface area (Å²) in [6.07, 6.45) is 1.54. The smallest absolute Gasteiger partial charge is 0.416 e. The van der Waals surface area contributed by atoms with Crippen LogP contribution in [0.4, 0.5) is 29.5 Å². The number of hydrogen-bond donors (Lipinski definition) is 1. The Morgan fingerprint density at radius 2 is 1.87 bits per heavy atom. The first kappa shape index (κ1) is 38.0. The monoisotopic (exact) mass is 728 g/mol. The molecule has 1 aromatic carbocycles. The molecular formula is C35H39F3N6O8. The summed E-state index contributed by atoms with van der Waals surface area (Å²) in [4.78, 5) is 46.6. The van der Waals surface area contributed by atoms with Gasteiger partial charge in [-0.25, -0.2) is 24.2 Å². The number of methoxy groups -OCH3 is 1. The molecule has 2 amide bonds. The lowest BCUT2D eigenvalue weighted by molar-refractivity contribution is -0.162. The van der Waals surface area contributed by atoms with Crippen molar-refractivity contribution < 1.29 is 50.9 Å². The summed E-state index contributed by atoms with van der Waals surface area (Å²) < 4.78 is 68.8. The molecule has 0 spiro atoms. The number of nitrogens with one attached hydrogen (secondary N) is 1. The summed E-state index contributed by atoms with van der Waals surface area (Å²) in [7, 11) is 1.29. The van der Waals surface area contributed by atoms with Gasteiger partial charge in [-0.1, -0.05) is 0 Å². The number of benzene rings is 1. The quantitative estimate of drug-likeness (QED) is 0.122. The summed E-state index contributed by atoms with van der Waals surface area (Å²) >= 11 is 0. The van der Waals surface area contributed by atoms with E-state index in [-0.39, 0.29) is 29.3 Å². The van der Waals surface area contributed by atoms with Gasteiger partial charge < -0.3 is 28.7 Å². The number of ether oxygens (including phenoxy) is 4. The maximum absolute atomic E-state index is 13.4. The topological polar surface area (TPSA) is 160 Å². The number of rotatable bonds is 12. The van der Waals surface area contributed by atoms with Crippen LogP contribution in [-0.2, 0) is 25.4 Å². The van der Waals surface area contributed by atoms with E-state index in [1.54, 1.807) is 35.1 Å². The fourth-order valence-corrected chi connectivity index (χ4v) is 5.13. The summed E-state index contributed by atoms with van der Waals surface area (Å²) in [5.74, 6) is -1.60. The number of nitrogens with zero attached hydrogens (tertiary/aromatic N) is 5. The number of pyridine rings is 1. The average molecular weight is 729 g/mol. The van der Waals surface area contributed by atoms with E-state index >= 15 is 0 Å². The first-order valence-corrected chi connectivity index (χ1v) is 16.5. The number of carbonyl (C=O) groups is 3. The third kappa shape index (κ3) is 10.4. The molecule has 0 bridgehead atoms. The molecule has 1 fully saturated rings. The third-order valence-corrected chi connectivity index (χ3v) is 7.55. The number of carbonyl (C=O) groups excluding carboxylic acids is 3. The number of amides is 2. The number of esters is 1. The van der Waals surface area contributed by atoms with Crippen molar-refractivity contribution >= 4 is 29.5 Å². The summed E-state index contributed by atoms with van der Waals surface area (Å²) in [6.45, 7) is 4.00. The van der Waals surface area contributed by atoms with Gasteiger partial charge in [0.15, 0.2) is 12.0 Å². The number of hydrogen-bond acceptors (Lipinski definition) is 11. The molecule has 1 N–H and O–H groups in total. The lowest BCUT2D eigenvalue weighted by atomic mass is 10.2. The lowest BCUT2D eigenvalue weighted by Crippen LogP contribution is -2.42. The predicted molar refractivity (Wildman–Crippen MR) is 180 cm³/mol. The zero-order chi connectivity index (χ0) is 37.5. The lowest BCUT2D eigenvalue weighted by Gasteiger charge is -2.27. The van der Waals surface area contributed by atoms with Crippen LogP contribution in [0.3, 0.4) is 0 Å². The van der Waals surface area contributed by atoms with Gasteiger partial charge in [-0.2, -0.15) is 18.3 Å². The molecule has 4 aromatic rings. The van der Waals surface area contributed by atoms with E-state index in [0.717, 1.165) is 25.5 Å². The van der Waals surface area contributed by atoms with Crippen LogP contribution in [0.1, 0.15) is 73.0 Å². The van der Waals surface area contributed by atoms with Crippen LogP contribution in [0.15, 0.2) is 59.5 Å². The van der Waals surface area contributed by atoms with Crippen LogP contribution in [0, 0.1) is 0 Å². The number of aromatic nitrogens is 4. The maximum atomic E-state index is 13.4. The van der Waals surface area contributed by atoms with E-state index in [9.17, 15) is 27.6 Å². The highest BCUT2D eigenvalue weighted by molar-refractivity contribution is 6.03. The van der Waals surface area contributed by atoms with Gasteiger partial charge in [0, 0.05) is 18.4 Å². The van der Waals surface area contributed by atoms with E-state index in [0.29, 0.717) is 53.6 Å². The van der Waals surface area contributed by atoms with Crippen LogP contribution in [-0.4, -0.2) is 82.7 Å². The number of alkyl halides is 3. The summed E-state index contributed by atoms with van der Waals surface area (Å²) in [6, 6.07) is 9.14. The fraction of sp³-hybridized carbons (Fsp3) is 0.429. The Bertz CT molecular complexity index is 1850. The zero-order valence-corrected chi connectivity index (χ0v) is 29.1. The van der Waals surface area contributed by atoms with Crippen LogP contribution < -0.4 is 10.2 Å². The van der Waals surface area contributed by atoms with Crippen molar-refractivity contribution in [3.63, 3.8) is 0 Å². The van der Waals surface area contributed by atoms with Crippen molar-refractivity contribution in [2.24, 2.45) is 0 Å². The first-order chi connectivity index (χ1) is 24.7. The molecule has 0 radical (unpaired) electrons. The van der Waals surface area contributed by atoms with Crippen LogP contribution in [0.2, 0.25) is 0 Å². The Hall–Kier alpha value is -5.29. The highest BCUT2D eigenvalue weighted by Crippen LogP contribution is 2.28. The normalized spacial score (nSPS) is 14.9. The molecule has 14 nitrogen and oxygen atoms in total. The molecule has 1 unspecified atom stereocenters. The summed E-state index contributed by atoms with van der Waals surface area (Å²) in [5.41, 5.74) is 0.865. The van der Waals surface area contributed by atoms with E-state index < -0.39 is 36.3 Å². The largest absolute Gasteiger partial charge is 0.465 e. The Morgan fingerprint density at radius 3 is 2.54 bits per heavy atom. The molecule has 278 valence electrons. The first-order valence-electron chi connectivity index (χ1n) is 16.5. The highest BCUT2D eigenvalue weighted by atomic mass is 19.4. The van der Waals surface area contributed by atoms with E-state index in [1.807, 2.05) is 0 Å². The predicted octanol–water partition coefficient (Wildman–Crippen LogP) is 6.74. The van der Waals surface area contributed by atoms with Gasteiger partial charge in [-0.15, -0.1) is 0 Å². The highest BCUT2D eigenvalue weighted by Gasteiger charge is 2.37. The number of anilines is 2. The van der Waals surface area contributed by atoms with Gasteiger partial charge in [0.2, 0.25) is 5.89 Å². The fourth-order valence-electron chi connectivity index (χ4n) is 5.13. The van der Waals surface area contributed by atoms with Crippen molar-refractivity contribution in [3.8, 4) is 17.1 Å². The minimum absolute atomic E-state index is 0.103. The molecule has 4 heterocycles. The van der Waals surface area contributed by atoms with Gasteiger partial charge in [-0.05, 0) is 89.3 Å². The van der Waals surface area contributed by atoms with Crippen molar-refractivity contribution in [2.45, 2.75) is 70.9 Å². The molecule has 1 aliphatic rings. The number of halogens is 3. The second kappa shape index (κ2) is 16.4. The molecule has 1 saturated heterocycles. The average Bonchev–Trinajstić information content (AvgIpc) is 3.76. The van der Waals surface area contributed by atoms with Crippen LogP contribution in [0.25, 0.3) is 17.1 Å². The van der Waals surface area contributed by atoms with E-state index in [1.165, 1.54) is 46.2 Å². The Kier molecular flexibility index (Phi) is 11.9. The van der Waals surface area contributed by atoms with Crippen LogP contribution >= 0.6 is 0 Å². The molecule has 1 atom stereocenters. The second-order valence-electron chi connectivity index (χ2n) is 12.8. The van der Waals surface area contributed by atoms with Gasteiger partial charge in [0.1, 0.15) is 24.2 Å². The molecule has 0 saturated carbocycles.